The molecule has 0 bridgehead atoms. The highest BCUT2D eigenvalue weighted by atomic mass is 32.2. The van der Waals surface area contributed by atoms with Crippen molar-refractivity contribution in [3.8, 4) is 5.75 Å². The molecule has 104 heavy (non-hydrogen) atoms. The molecule has 3 aromatic carbocycles. The van der Waals surface area contributed by atoms with Crippen molar-refractivity contribution >= 4 is 87.8 Å². The van der Waals surface area contributed by atoms with Gasteiger partial charge in [0.05, 0.1) is 37.3 Å². The van der Waals surface area contributed by atoms with E-state index in [1.807, 2.05) is 88.4 Å². The molecule has 8 rings (SSSR count). The number of benzene rings is 3. The number of hydrogen-bond acceptors (Lipinski definition) is 17. The number of esters is 1. The van der Waals surface area contributed by atoms with Crippen LogP contribution in [0.25, 0.3) is 0 Å². The van der Waals surface area contributed by atoms with E-state index in [1.165, 1.54) is 45.5 Å². The highest BCUT2D eigenvalue weighted by Gasteiger charge is 2.47. The Morgan fingerprint density at radius 3 is 1.84 bits per heavy atom. The number of nitrogens with one attached hydrogen (secondary N) is 6. The van der Waals surface area contributed by atoms with Gasteiger partial charge in [-0.2, -0.15) is 0 Å². The summed E-state index contributed by atoms with van der Waals surface area (Å²) in [6.07, 6.45) is 4.42. The summed E-state index contributed by atoms with van der Waals surface area (Å²) in [5.74, 6) is -6.60. The van der Waals surface area contributed by atoms with Crippen LogP contribution in [0.4, 0.5) is 0 Å². The predicted molar refractivity (Wildman–Crippen MR) is 391 cm³/mol. The first-order valence-corrected chi connectivity index (χ1v) is 37.8. The van der Waals surface area contributed by atoms with Gasteiger partial charge in [-0.25, -0.2) is 4.79 Å². The van der Waals surface area contributed by atoms with Gasteiger partial charge < -0.3 is 71.4 Å². The molecule has 5 aliphatic rings. The number of aromatic hydroxyl groups is 1. The Balaban J connectivity index is 0.865. The fourth-order valence-electron chi connectivity index (χ4n) is 14.3. The number of rotatable bonds is 34. The summed E-state index contributed by atoms with van der Waals surface area (Å²) in [6.45, 7) is 11.4. The molecule has 8 N–H and O–H groups in total. The van der Waals surface area contributed by atoms with E-state index >= 15 is 4.79 Å². The zero-order valence-corrected chi connectivity index (χ0v) is 62.0. The molecule has 0 spiro atoms. The van der Waals surface area contributed by atoms with E-state index in [0.29, 0.717) is 88.8 Å². The molecule has 11 amide bonds. The number of methoxy groups -OCH3 is 1. The van der Waals surface area contributed by atoms with Crippen LogP contribution in [0.2, 0.25) is 0 Å². The van der Waals surface area contributed by atoms with E-state index in [2.05, 4.69) is 31.9 Å². The second-order valence-corrected chi connectivity index (χ2v) is 29.8. The SMILES string of the molecule is CC[C@H](C)[C@H](NC(=O)[C@@H]1CCCN1C(=O)[C@@H](CC(C)C)NC(=O)[C@H]1CSC([C@@H]2CCCN2C(=O)[C@@H]2CCCN2C(=O)[C@@H](Cc2ccccc2)N(C)C(=O)CNC(=O)[C@@H](NC(=O)C[C@H](O)CNC(=O)CCCc2ccc(O)cc2)C(C)C)=N1)C(=O)N[C@H](Cc1ccccc1)C(=O)N1CCC[C@H]1C(=O)OC. The van der Waals surface area contributed by atoms with Crippen molar-refractivity contribution in [3.05, 3.63) is 102 Å². The molecule has 4 saturated heterocycles. The van der Waals surface area contributed by atoms with Crippen molar-refractivity contribution in [2.75, 3.05) is 59.2 Å². The summed E-state index contributed by atoms with van der Waals surface area (Å²) in [6, 6.07) is 15.5. The molecule has 0 aromatic heterocycles. The van der Waals surface area contributed by atoms with Crippen molar-refractivity contribution in [2.24, 2.45) is 22.7 Å². The normalized spacial score (nSPS) is 20.7. The summed E-state index contributed by atoms with van der Waals surface area (Å²) in [5.41, 5.74) is 2.47. The summed E-state index contributed by atoms with van der Waals surface area (Å²) >= 11 is 1.36. The largest absolute Gasteiger partial charge is 0.508 e. The molecule has 0 saturated carbocycles. The fourth-order valence-corrected chi connectivity index (χ4v) is 15.5. The number of likely N-dealkylation sites (tertiary alicyclic amines) is 4. The summed E-state index contributed by atoms with van der Waals surface area (Å²) in [5, 5.41) is 37.5. The summed E-state index contributed by atoms with van der Waals surface area (Å²) in [7, 11) is 2.74. The minimum Gasteiger partial charge on any atom is -0.508 e. The van der Waals surface area contributed by atoms with Crippen LogP contribution in [0.1, 0.15) is 142 Å². The lowest BCUT2D eigenvalue weighted by molar-refractivity contribution is -0.152. The summed E-state index contributed by atoms with van der Waals surface area (Å²) < 4.78 is 5.01. The average molecular weight is 1460 g/mol. The van der Waals surface area contributed by atoms with Gasteiger partial charge in [0.25, 0.3) is 0 Å². The lowest BCUT2D eigenvalue weighted by Gasteiger charge is -2.35. The minimum absolute atomic E-state index is 0.0669. The topological polar surface area (TPSA) is 355 Å². The number of aliphatic imine (C=N–C) groups is 1. The van der Waals surface area contributed by atoms with Crippen LogP contribution in [0.3, 0.4) is 0 Å². The predicted octanol–water partition coefficient (Wildman–Crippen LogP) is 3.35. The maximum atomic E-state index is 15.0. The number of amides is 11. The van der Waals surface area contributed by atoms with Crippen LogP contribution in [-0.4, -0.2) is 236 Å². The van der Waals surface area contributed by atoms with Crippen LogP contribution >= 0.6 is 11.8 Å². The number of carbonyl (C=O) groups is 12. The molecule has 566 valence electrons. The van der Waals surface area contributed by atoms with Gasteiger partial charge >= 0.3 is 5.97 Å². The van der Waals surface area contributed by atoms with Gasteiger partial charge in [-0.05, 0) is 117 Å². The maximum Gasteiger partial charge on any atom is 0.328 e. The van der Waals surface area contributed by atoms with E-state index in [9.17, 15) is 63.0 Å². The van der Waals surface area contributed by atoms with Gasteiger partial charge in [0.2, 0.25) is 65.0 Å². The Bertz CT molecular complexity index is 3530. The van der Waals surface area contributed by atoms with Crippen molar-refractivity contribution < 1.29 is 72.5 Å². The number of thioether (sulfide) groups is 1. The van der Waals surface area contributed by atoms with Gasteiger partial charge in [-0.3, -0.25) is 57.7 Å². The monoisotopic (exact) mass is 1460 g/mol. The van der Waals surface area contributed by atoms with Crippen molar-refractivity contribution in [2.45, 2.75) is 211 Å². The number of phenols is 1. The number of phenolic OH excluding ortho intramolecular Hbond substituents is 1. The Morgan fingerprint density at radius 1 is 0.625 bits per heavy atom. The molecular formula is C76H106N12O15S. The first-order valence-electron chi connectivity index (χ1n) is 36.8. The molecule has 5 aliphatic heterocycles. The molecular weight excluding hydrogens is 1350 g/mol. The van der Waals surface area contributed by atoms with E-state index in [0.717, 1.165) is 16.7 Å². The molecule has 5 heterocycles. The third-order valence-corrected chi connectivity index (χ3v) is 21.5. The Hall–Kier alpha value is -8.92. The van der Waals surface area contributed by atoms with Crippen LogP contribution in [0.5, 0.6) is 5.75 Å². The van der Waals surface area contributed by atoms with Crippen molar-refractivity contribution in [1.82, 2.24) is 56.4 Å². The molecule has 28 heteroatoms. The first kappa shape index (κ1) is 80.8. The first-order chi connectivity index (χ1) is 49.8. The number of likely N-dealkylation sites (N-methyl/N-ethyl adjacent to an activating group) is 1. The van der Waals surface area contributed by atoms with Crippen LogP contribution in [-0.2, 0) is 81.5 Å². The number of aliphatic hydroxyl groups excluding tert-OH is 1. The van der Waals surface area contributed by atoms with E-state index in [4.69, 9.17) is 9.73 Å². The maximum absolute atomic E-state index is 15.0. The Labute approximate surface area is 613 Å². The Morgan fingerprint density at radius 2 is 1.21 bits per heavy atom. The lowest BCUT2D eigenvalue weighted by atomic mass is 9.96. The molecule has 4 fully saturated rings. The highest BCUT2D eigenvalue weighted by molar-refractivity contribution is 8.14. The van der Waals surface area contributed by atoms with Crippen molar-refractivity contribution in [1.29, 1.82) is 0 Å². The molecule has 3 aromatic rings. The highest BCUT2D eigenvalue weighted by Crippen LogP contribution is 2.33. The molecule has 0 unspecified atom stereocenters. The van der Waals surface area contributed by atoms with Crippen molar-refractivity contribution in [3.63, 3.8) is 0 Å². The van der Waals surface area contributed by atoms with E-state index in [-0.39, 0.29) is 74.6 Å². The van der Waals surface area contributed by atoms with E-state index in [1.54, 1.807) is 43.0 Å². The second kappa shape index (κ2) is 38.7. The minimum atomic E-state index is -1.25. The lowest BCUT2D eigenvalue weighted by Crippen LogP contribution is -2.60. The summed E-state index contributed by atoms with van der Waals surface area (Å²) in [4.78, 5) is 181. The fraction of sp³-hybridized carbons (Fsp3) is 0.592. The molecule has 0 radical (unpaired) electrons. The molecule has 12 atom stereocenters. The molecule has 27 nitrogen and oxygen atoms in total. The van der Waals surface area contributed by atoms with Gasteiger partial charge in [0.15, 0.2) is 0 Å². The van der Waals surface area contributed by atoms with Gasteiger partial charge in [0, 0.05) is 64.8 Å². The zero-order chi connectivity index (χ0) is 75.3. The second-order valence-electron chi connectivity index (χ2n) is 28.8. The third kappa shape index (κ3) is 21.8. The van der Waals surface area contributed by atoms with Gasteiger partial charge in [-0.15, -0.1) is 11.8 Å². The third-order valence-electron chi connectivity index (χ3n) is 20.3. The Kier molecular flexibility index (Phi) is 30.1. The number of hydrogen-bond donors (Lipinski definition) is 8. The average Bonchev–Trinajstić information content (AvgIpc) is 1.57. The van der Waals surface area contributed by atoms with E-state index < -0.39 is 150 Å². The number of aliphatic hydroxyl groups is 1. The van der Waals surface area contributed by atoms with Crippen LogP contribution in [0.15, 0.2) is 89.9 Å². The van der Waals surface area contributed by atoms with Gasteiger partial charge in [0.1, 0.15) is 60.1 Å². The standard InChI is InChI=1S/C76H106N12O15S/c1-9-48(6)66(70(97)80-55(40-50-21-12-10-13-22-50)73(99)88-38-20-29-60(88)76(102)103-8)83-68(95)57-26-17-35-85(57)72(98)54(39-46(2)3)79-67(94)56-45-104-71(81-56)58-27-18-36-86(58)74(100)59-28-19-37-87(59)75(101)61(41-51-23-14-11-15-24-51)84(7)64(93)44-78-69(96)65(47(4)5)82-63(92)42-53(90)43-77-62(91)30-16-25-49-31-33-52(89)34-32-49/h10-15,21-24,31-34,46-48,53-61,65-66,89-90H,9,16-20,25-30,35-45H2,1-8H3,(H,77,91)(H,78,96)(H,79,94)(H,80,97)(H,82,92)(H,83,95)/t48-,53-,54+,55+,56+,57-,58-,59-,60-,61+,65-,66-/m0/s1. The zero-order valence-electron chi connectivity index (χ0n) is 61.2. The number of carbonyl (C=O) groups excluding carboxylic acids is 12. The molecule has 0 aliphatic carbocycles. The number of ether oxygens (including phenoxy) is 1. The van der Waals surface area contributed by atoms with Gasteiger partial charge in [-0.1, -0.05) is 121 Å². The van der Waals surface area contributed by atoms with Crippen LogP contribution in [0, 0.1) is 17.8 Å². The number of nitrogens with zero attached hydrogens (tertiary/aromatic N) is 6. The smallest absolute Gasteiger partial charge is 0.328 e. The van der Waals surface area contributed by atoms with Crippen LogP contribution < -0.4 is 31.9 Å². The quantitative estimate of drug-likeness (QED) is 0.0398. The number of aryl methyl sites for hydroxylation is 1.